The van der Waals surface area contributed by atoms with Gasteiger partial charge >= 0.3 is 0 Å². The van der Waals surface area contributed by atoms with Gasteiger partial charge in [-0.2, -0.15) is 0 Å². The number of benzene rings is 2. The molecule has 2 aromatic carbocycles. The molecule has 17 heavy (non-hydrogen) atoms. The topological polar surface area (TPSA) is 0 Å². The van der Waals surface area contributed by atoms with E-state index >= 15 is 0 Å². The standard InChI is InChI=1S/C13H9ClF2S/c14-13-7-11(16)2-1-9(13)8-17-12-5-3-10(15)4-6-12/h1-7H,8H2. The van der Waals surface area contributed by atoms with Crippen LogP contribution in [0, 0.1) is 11.6 Å². The van der Waals surface area contributed by atoms with Gasteiger partial charge in [-0.15, -0.1) is 11.8 Å². The van der Waals surface area contributed by atoms with Crippen LogP contribution in [-0.4, -0.2) is 0 Å². The van der Waals surface area contributed by atoms with Crippen molar-refractivity contribution in [2.45, 2.75) is 10.6 Å². The molecule has 0 fully saturated rings. The lowest BCUT2D eigenvalue weighted by atomic mass is 10.2. The largest absolute Gasteiger partial charge is 0.207 e. The average Bonchev–Trinajstić information content (AvgIpc) is 2.30. The van der Waals surface area contributed by atoms with E-state index in [1.165, 1.54) is 36.0 Å². The summed E-state index contributed by atoms with van der Waals surface area (Å²) in [7, 11) is 0. The summed E-state index contributed by atoms with van der Waals surface area (Å²) in [6, 6.07) is 10.6. The molecule has 0 aliphatic carbocycles. The van der Waals surface area contributed by atoms with Crippen LogP contribution in [0.25, 0.3) is 0 Å². The van der Waals surface area contributed by atoms with Crippen LogP contribution < -0.4 is 0 Å². The lowest BCUT2D eigenvalue weighted by Crippen LogP contribution is -1.84. The molecule has 0 saturated heterocycles. The average molecular weight is 271 g/mol. The van der Waals surface area contributed by atoms with Gasteiger partial charge in [-0.25, -0.2) is 8.78 Å². The van der Waals surface area contributed by atoms with Crippen LogP contribution in [0.1, 0.15) is 5.56 Å². The van der Waals surface area contributed by atoms with Crippen LogP contribution >= 0.6 is 23.4 Å². The van der Waals surface area contributed by atoms with E-state index in [9.17, 15) is 8.78 Å². The molecule has 0 nitrogen and oxygen atoms in total. The summed E-state index contributed by atoms with van der Waals surface area (Å²) in [5.74, 6) is 0.0322. The van der Waals surface area contributed by atoms with Crippen molar-refractivity contribution in [1.29, 1.82) is 0 Å². The minimum Gasteiger partial charge on any atom is -0.207 e. The van der Waals surface area contributed by atoms with Gasteiger partial charge in [-0.1, -0.05) is 17.7 Å². The highest BCUT2D eigenvalue weighted by Gasteiger charge is 2.03. The van der Waals surface area contributed by atoms with E-state index in [0.717, 1.165) is 10.5 Å². The zero-order valence-corrected chi connectivity index (χ0v) is 10.4. The normalized spacial score (nSPS) is 10.5. The maximum Gasteiger partial charge on any atom is 0.124 e. The SMILES string of the molecule is Fc1ccc(SCc2ccc(F)cc2Cl)cc1. The second kappa shape index (κ2) is 5.52. The fourth-order valence-corrected chi connectivity index (χ4v) is 2.55. The summed E-state index contributed by atoms with van der Waals surface area (Å²) >= 11 is 7.44. The van der Waals surface area contributed by atoms with Gasteiger partial charge in [0.25, 0.3) is 0 Å². The van der Waals surface area contributed by atoms with Gasteiger partial charge in [0.05, 0.1) is 0 Å². The molecule has 0 aliphatic rings. The molecule has 2 rings (SSSR count). The van der Waals surface area contributed by atoms with Crippen molar-refractivity contribution in [3.05, 3.63) is 64.7 Å². The molecule has 0 amide bonds. The lowest BCUT2D eigenvalue weighted by Gasteiger charge is -2.04. The molecule has 0 radical (unpaired) electrons. The summed E-state index contributed by atoms with van der Waals surface area (Å²) in [6.45, 7) is 0. The summed E-state index contributed by atoms with van der Waals surface area (Å²) in [4.78, 5) is 0.951. The third-order valence-corrected chi connectivity index (χ3v) is 3.64. The van der Waals surface area contributed by atoms with E-state index in [2.05, 4.69) is 0 Å². The monoisotopic (exact) mass is 270 g/mol. The molecular formula is C13H9ClF2S. The van der Waals surface area contributed by atoms with Gasteiger partial charge in [-0.3, -0.25) is 0 Å². The Hall–Kier alpha value is -1.06. The molecule has 88 valence electrons. The molecule has 2 aromatic rings. The smallest absolute Gasteiger partial charge is 0.124 e. The Kier molecular flexibility index (Phi) is 4.02. The Balaban J connectivity index is 2.04. The first-order valence-electron chi connectivity index (χ1n) is 4.97. The van der Waals surface area contributed by atoms with Crippen LogP contribution in [0.4, 0.5) is 8.78 Å². The van der Waals surface area contributed by atoms with Gasteiger partial charge < -0.3 is 0 Å². The highest BCUT2D eigenvalue weighted by Crippen LogP contribution is 2.27. The predicted octanol–water partition coefficient (Wildman–Crippen LogP) is 4.91. The first-order valence-corrected chi connectivity index (χ1v) is 6.34. The number of hydrogen-bond donors (Lipinski definition) is 0. The highest BCUT2D eigenvalue weighted by molar-refractivity contribution is 7.98. The van der Waals surface area contributed by atoms with Gasteiger partial charge in [0.15, 0.2) is 0 Å². The lowest BCUT2D eigenvalue weighted by molar-refractivity contribution is 0.626. The van der Waals surface area contributed by atoms with E-state index in [-0.39, 0.29) is 11.6 Å². The Morgan fingerprint density at radius 3 is 2.24 bits per heavy atom. The van der Waals surface area contributed by atoms with Crippen LogP contribution in [0.3, 0.4) is 0 Å². The quantitative estimate of drug-likeness (QED) is 0.714. The molecule has 0 spiro atoms. The van der Waals surface area contributed by atoms with Crippen molar-refractivity contribution >= 4 is 23.4 Å². The van der Waals surface area contributed by atoms with Gasteiger partial charge in [-0.05, 0) is 42.0 Å². The van der Waals surface area contributed by atoms with Crippen LogP contribution in [0.2, 0.25) is 5.02 Å². The van der Waals surface area contributed by atoms with Crippen molar-refractivity contribution < 1.29 is 8.78 Å². The zero-order valence-electron chi connectivity index (χ0n) is 8.79. The van der Waals surface area contributed by atoms with Gasteiger partial charge in [0.2, 0.25) is 0 Å². The Bertz CT molecular complexity index is 511. The molecule has 0 aromatic heterocycles. The first-order chi connectivity index (χ1) is 8.15. The summed E-state index contributed by atoms with van der Waals surface area (Å²) in [6.07, 6.45) is 0. The Labute approximate surface area is 108 Å². The highest BCUT2D eigenvalue weighted by atomic mass is 35.5. The summed E-state index contributed by atoms with van der Waals surface area (Å²) in [5.41, 5.74) is 0.863. The van der Waals surface area contributed by atoms with E-state index in [1.807, 2.05) is 0 Å². The maximum absolute atomic E-state index is 12.8. The molecule has 0 atom stereocenters. The maximum atomic E-state index is 12.8. The number of hydrogen-bond acceptors (Lipinski definition) is 1. The fraction of sp³-hybridized carbons (Fsp3) is 0.0769. The predicted molar refractivity (Wildman–Crippen MR) is 67.4 cm³/mol. The van der Waals surface area contributed by atoms with Crippen LogP contribution in [0.15, 0.2) is 47.4 Å². The third-order valence-electron chi connectivity index (χ3n) is 2.22. The molecular weight excluding hydrogens is 262 g/mol. The summed E-state index contributed by atoms with van der Waals surface area (Å²) in [5, 5.41) is 0.416. The number of rotatable bonds is 3. The van der Waals surface area contributed by atoms with E-state index < -0.39 is 0 Å². The molecule has 0 heterocycles. The number of thioether (sulfide) groups is 1. The zero-order chi connectivity index (χ0) is 12.3. The second-order valence-electron chi connectivity index (χ2n) is 3.48. The molecule has 0 bridgehead atoms. The molecule has 0 saturated carbocycles. The van der Waals surface area contributed by atoms with Gasteiger partial charge in [0, 0.05) is 15.7 Å². The minimum atomic E-state index is -0.342. The minimum absolute atomic E-state index is 0.255. The van der Waals surface area contributed by atoms with E-state index in [4.69, 9.17) is 11.6 Å². The summed E-state index contributed by atoms with van der Waals surface area (Å²) < 4.78 is 25.5. The van der Waals surface area contributed by atoms with Crippen molar-refractivity contribution in [3.8, 4) is 0 Å². The van der Waals surface area contributed by atoms with Gasteiger partial charge in [0.1, 0.15) is 11.6 Å². The molecule has 0 unspecified atom stereocenters. The number of halogens is 3. The van der Waals surface area contributed by atoms with Crippen molar-refractivity contribution in [3.63, 3.8) is 0 Å². The van der Waals surface area contributed by atoms with Crippen molar-refractivity contribution in [2.24, 2.45) is 0 Å². The Morgan fingerprint density at radius 2 is 1.59 bits per heavy atom. The second-order valence-corrected chi connectivity index (χ2v) is 4.93. The van der Waals surface area contributed by atoms with Crippen molar-refractivity contribution in [2.75, 3.05) is 0 Å². The molecule has 0 N–H and O–H groups in total. The van der Waals surface area contributed by atoms with Crippen molar-refractivity contribution in [1.82, 2.24) is 0 Å². The van der Waals surface area contributed by atoms with Crippen LogP contribution in [-0.2, 0) is 5.75 Å². The third kappa shape index (κ3) is 3.45. The van der Waals surface area contributed by atoms with Crippen LogP contribution in [0.5, 0.6) is 0 Å². The van der Waals surface area contributed by atoms with E-state index in [1.54, 1.807) is 18.2 Å². The molecule has 0 aliphatic heterocycles. The Morgan fingerprint density at radius 1 is 0.941 bits per heavy atom. The molecule has 4 heteroatoms. The first kappa shape index (κ1) is 12.4. The fourth-order valence-electron chi connectivity index (χ4n) is 1.33. The van der Waals surface area contributed by atoms with E-state index in [0.29, 0.717) is 10.8 Å².